The Morgan fingerprint density at radius 3 is 2.82 bits per heavy atom. The molecule has 0 aromatic carbocycles. The molecular formula is C15H29IN4OS. The molecule has 1 heterocycles. The van der Waals surface area contributed by atoms with E-state index in [2.05, 4.69) is 52.0 Å². The lowest BCUT2D eigenvalue weighted by Gasteiger charge is -2.16. The number of likely N-dealkylation sites (N-methyl/N-ethyl adjacent to an activating group) is 1. The third-order valence-corrected chi connectivity index (χ3v) is 3.86. The van der Waals surface area contributed by atoms with Crippen LogP contribution in [0.25, 0.3) is 0 Å². The molecule has 0 aliphatic rings. The summed E-state index contributed by atoms with van der Waals surface area (Å²) < 4.78 is 5.07. The van der Waals surface area contributed by atoms with Crippen molar-refractivity contribution >= 4 is 41.3 Å². The molecule has 22 heavy (non-hydrogen) atoms. The maximum atomic E-state index is 5.07. The van der Waals surface area contributed by atoms with E-state index in [-0.39, 0.29) is 24.0 Å². The lowest BCUT2D eigenvalue weighted by atomic mass is 10.4. The molecule has 0 spiro atoms. The number of nitrogens with one attached hydrogen (secondary N) is 2. The van der Waals surface area contributed by atoms with Gasteiger partial charge in [-0.05, 0) is 38.4 Å². The Morgan fingerprint density at radius 2 is 2.18 bits per heavy atom. The highest BCUT2D eigenvalue weighted by atomic mass is 127. The van der Waals surface area contributed by atoms with Crippen molar-refractivity contribution in [3.8, 4) is 0 Å². The van der Waals surface area contributed by atoms with Crippen molar-refractivity contribution in [1.82, 2.24) is 15.5 Å². The zero-order valence-electron chi connectivity index (χ0n) is 13.8. The quantitative estimate of drug-likeness (QED) is 0.254. The number of hydrogen-bond donors (Lipinski definition) is 2. The van der Waals surface area contributed by atoms with E-state index in [9.17, 15) is 0 Å². The van der Waals surface area contributed by atoms with E-state index in [4.69, 9.17) is 4.74 Å². The molecule has 0 radical (unpaired) electrons. The lowest BCUT2D eigenvalue weighted by molar-refractivity contribution is 0.161. The largest absolute Gasteiger partial charge is 0.383 e. The molecule has 0 saturated heterocycles. The van der Waals surface area contributed by atoms with Crippen LogP contribution in [-0.4, -0.2) is 57.8 Å². The minimum absolute atomic E-state index is 0. The summed E-state index contributed by atoms with van der Waals surface area (Å²) in [5, 5.41) is 8.74. The van der Waals surface area contributed by atoms with E-state index in [0.717, 1.165) is 51.7 Å². The molecule has 0 bridgehead atoms. The van der Waals surface area contributed by atoms with Crippen LogP contribution < -0.4 is 10.6 Å². The van der Waals surface area contributed by atoms with Crippen LogP contribution in [0.15, 0.2) is 22.5 Å². The summed E-state index contributed by atoms with van der Waals surface area (Å²) in [6.07, 6.45) is 1.09. The van der Waals surface area contributed by atoms with E-state index in [0.29, 0.717) is 0 Å². The van der Waals surface area contributed by atoms with Crippen LogP contribution in [0.5, 0.6) is 0 Å². The maximum absolute atomic E-state index is 5.07. The second kappa shape index (κ2) is 14.2. The fraction of sp³-hybridized carbons (Fsp3) is 0.667. The van der Waals surface area contributed by atoms with E-state index in [1.807, 2.05) is 0 Å². The Hall–Kier alpha value is -0.380. The monoisotopic (exact) mass is 440 g/mol. The number of methoxy groups -OCH3 is 1. The third kappa shape index (κ3) is 10.4. The average Bonchev–Trinajstić information content (AvgIpc) is 3.00. The smallest absolute Gasteiger partial charge is 0.191 e. The molecule has 128 valence electrons. The number of rotatable bonds is 10. The summed E-state index contributed by atoms with van der Waals surface area (Å²) in [4.78, 5) is 8.16. The number of guanidine groups is 1. The molecule has 1 aromatic heterocycles. The predicted octanol–water partition coefficient (Wildman–Crippen LogP) is 2.39. The Bertz CT molecular complexity index is 387. The molecule has 0 atom stereocenters. The van der Waals surface area contributed by atoms with Crippen LogP contribution in [0.3, 0.4) is 0 Å². The highest BCUT2D eigenvalue weighted by molar-refractivity contribution is 14.0. The van der Waals surface area contributed by atoms with Gasteiger partial charge in [0, 0.05) is 31.6 Å². The topological polar surface area (TPSA) is 48.9 Å². The van der Waals surface area contributed by atoms with Crippen molar-refractivity contribution in [3.05, 3.63) is 22.4 Å². The van der Waals surface area contributed by atoms with Crippen LogP contribution in [0.1, 0.15) is 18.2 Å². The fourth-order valence-electron chi connectivity index (χ4n) is 1.82. The third-order valence-electron chi connectivity index (χ3n) is 3.00. The predicted molar refractivity (Wildman–Crippen MR) is 107 cm³/mol. The molecule has 5 nitrogen and oxygen atoms in total. The molecule has 0 aliphatic heterocycles. The van der Waals surface area contributed by atoms with Gasteiger partial charge in [-0.3, -0.25) is 0 Å². The van der Waals surface area contributed by atoms with E-state index in [1.165, 1.54) is 4.88 Å². The van der Waals surface area contributed by atoms with Gasteiger partial charge >= 0.3 is 0 Å². The van der Waals surface area contributed by atoms with Gasteiger partial charge in [-0.25, -0.2) is 4.99 Å². The van der Waals surface area contributed by atoms with Crippen molar-refractivity contribution in [1.29, 1.82) is 0 Å². The summed E-state index contributed by atoms with van der Waals surface area (Å²) in [5.41, 5.74) is 0. The van der Waals surface area contributed by atoms with E-state index >= 15 is 0 Å². The number of halogens is 1. The van der Waals surface area contributed by atoms with Gasteiger partial charge in [0.25, 0.3) is 0 Å². The molecule has 0 saturated carbocycles. The van der Waals surface area contributed by atoms with Crippen molar-refractivity contribution in [3.63, 3.8) is 0 Å². The van der Waals surface area contributed by atoms with Crippen LogP contribution in [0, 0.1) is 0 Å². The molecule has 0 unspecified atom stereocenters. The van der Waals surface area contributed by atoms with Crippen molar-refractivity contribution in [2.24, 2.45) is 4.99 Å². The highest BCUT2D eigenvalue weighted by Gasteiger charge is 2.00. The van der Waals surface area contributed by atoms with Crippen molar-refractivity contribution in [2.45, 2.75) is 19.9 Å². The van der Waals surface area contributed by atoms with E-state index < -0.39 is 0 Å². The molecule has 0 fully saturated rings. The molecule has 0 aliphatic carbocycles. The zero-order valence-corrected chi connectivity index (χ0v) is 16.9. The van der Waals surface area contributed by atoms with Crippen molar-refractivity contribution in [2.75, 3.05) is 46.9 Å². The summed E-state index contributed by atoms with van der Waals surface area (Å²) in [5.74, 6) is 0.894. The van der Waals surface area contributed by atoms with Gasteiger partial charge in [-0.2, -0.15) is 0 Å². The minimum Gasteiger partial charge on any atom is -0.383 e. The van der Waals surface area contributed by atoms with E-state index in [1.54, 1.807) is 18.4 Å². The fourth-order valence-corrected chi connectivity index (χ4v) is 2.44. The van der Waals surface area contributed by atoms with Gasteiger partial charge in [0.05, 0.1) is 13.2 Å². The summed E-state index contributed by atoms with van der Waals surface area (Å²) in [6, 6.07) is 4.17. The first kappa shape index (κ1) is 21.6. The zero-order chi connectivity index (χ0) is 15.3. The number of ether oxygens (including phenoxy) is 1. The molecule has 7 heteroatoms. The van der Waals surface area contributed by atoms with Gasteiger partial charge in [-0.1, -0.05) is 6.07 Å². The maximum Gasteiger partial charge on any atom is 0.191 e. The molecule has 2 N–H and O–H groups in total. The van der Waals surface area contributed by atoms with Gasteiger partial charge in [0.2, 0.25) is 0 Å². The molecular weight excluding hydrogens is 411 g/mol. The summed E-state index contributed by atoms with van der Waals surface area (Å²) >= 11 is 1.74. The second-order valence-electron chi connectivity index (χ2n) is 4.85. The standard InChI is InChI=1S/C15H28N4OS.HI/c1-4-16-15(18-13-14-7-5-12-21-14)17-8-6-9-19(2)10-11-20-3;/h5,7,12H,4,6,8-11,13H2,1-3H3,(H2,16,17,18);1H. The first-order valence-corrected chi connectivity index (χ1v) is 8.36. The normalized spacial score (nSPS) is 11.4. The van der Waals surface area contributed by atoms with Gasteiger partial charge in [0.15, 0.2) is 5.96 Å². The first-order valence-electron chi connectivity index (χ1n) is 7.48. The number of nitrogens with zero attached hydrogens (tertiary/aromatic N) is 2. The van der Waals surface area contributed by atoms with Crippen LogP contribution >= 0.6 is 35.3 Å². The van der Waals surface area contributed by atoms with Gasteiger partial charge in [-0.15, -0.1) is 35.3 Å². The lowest BCUT2D eigenvalue weighted by Crippen LogP contribution is -2.38. The average molecular weight is 440 g/mol. The first-order chi connectivity index (χ1) is 10.3. The Balaban J connectivity index is 0.00000441. The summed E-state index contributed by atoms with van der Waals surface area (Å²) in [7, 11) is 3.86. The molecule has 1 rings (SSSR count). The van der Waals surface area contributed by atoms with Crippen LogP contribution in [0.4, 0.5) is 0 Å². The highest BCUT2D eigenvalue weighted by Crippen LogP contribution is 2.09. The SMILES string of the molecule is CCNC(=NCc1cccs1)NCCCN(C)CCOC.I. The summed E-state index contributed by atoms with van der Waals surface area (Å²) in [6.45, 7) is 7.44. The Morgan fingerprint density at radius 1 is 1.36 bits per heavy atom. The minimum atomic E-state index is 0. The van der Waals surface area contributed by atoms with Crippen LogP contribution in [-0.2, 0) is 11.3 Å². The molecule has 0 amide bonds. The van der Waals surface area contributed by atoms with Gasteiger partial charge in [0.1, 0.15) is 0 Å². The Labute approximate surface area is 155 Å². The number of thiophene rings is 1. The Kier molecular flexibility index (Phi) is 14.0. The van der Waals surface area contributed by atoms with Crippen LogP contribution in [0.2, 0.25) is 0 Å². The number of hydrogen-bond acceptors (Lipinski definition) is 4. The molecule has 1 aromatic rings. The number of aliphatic imine (C=N–C) groups is 1. The van der Waals surface area contributed by atoms with Gasteiger partial charge < -0.3 is 20.3 Å². The second-order valence-corrected chi connectivity index (χ2v) is 5.88. The van der Waals surface area contributed by atoms with Crippen molar-refractivity contribution < 1.29 is 4.74 Å².